The highest BCUT2D eigenvalue weighted by atomic mass is 19.4. The smallest absolute Gasteiger partial charge is 0.417 e. The Kier molecular flexibility index (Phi) is 5.83. The summed E-state index contributed by atoms with van der Waals surface area (Å²) < 4.78 is 43.5. The van der Waals surface area contributed by atoms with Crippen LogP contribution in [0.1, 0.15) is 30.9 Å². The summed E-state index contributed by atoms with van der Waals surface area (Å²) in [6.07, 6.45) is -3.30. The molecule has 0 aliphatic heterocycles. The Labute approximate surface area is 115 Å². The lowest BCUT2D eigenvalue weighted by Gasteiger charge is -2.13. The van der Waals surface area contributed by atoms with Crippen molar-refractivity contribution in [2.24, 2.45) is 5.92 Å². The third kappa shape index (κ3) is 4.74. The van der Waals surface area contributed by atoms with Crippen molar-refractivity contribution in [2.45, 2.75) is 25.9 Å². The molecule has 0 aliphatic rings. The van der Waals surface area contributed by atoms with Gasteiger partial charge in [-0.25, -0.2) is 0 Å². The van der Waals surface area contributed by atoms with E-state index in [-0.39, 0.29) is 24.9 Å². The van der Waals surface area contributed by atoms with E-state index in [2.05, 4.69) is 0 Å². The molecular formula is C14H16F3NO2. The number of aliphatic hydroxyl groups is 1. The van der Waals surface area contributed by atoms with E-state index in [9.17, 15) is 13.2 Å². The summed E-state index contributed by atoms with van der Waals surface area (Å²) >= 11 is 0. The molecule has 1 atom stereocenters. The van der Waals surface area contributed by atoms with Crippen molar-refractivity contribution < 1.29 is 23.0 Å². The zero-order chi connectivity index (χ0) is 15.2. The van der Waals surface area contributed by atoms with Crippen molar-refractivity contribution in [3.05, 3.63) is 29.3 Å². The third-order valence-electron chi connectivity index (χ3n) is 2.92. The number of rotatable bonds is 6. The molecule has 1 aromatic carbocycles. The van der Waals surface area contributed by atoms with Crippen LogP contribution in [0.15, 0.2) is 18.2 Å². The molecule has 1 rings (SSSR count). The molecule has 0 saturated heterocycles. The van der Waals surface area contributed by atoms with Crippen LogP contribution >= 0.6 is 0 Å². The van der Waals surface area contributed by atoms with Crippen molar-refractivity contribution in [1.29, 1.82) is 5.26 Å². The van der Waals surface area contributed by atoms with Crippen molar-refractivity contribution in [3.8, 4) is 11.8 Å². The topological polar surface area (TPSA) is 53.2 Å². The van der Waals surface area contributed by atoms with Gasteiger partial charge in [-0.2, -0.15) is 18.4 Å². The minimum absolute atomic E-state index is 0.0796. The molecule has 0 aromatic heterocycles. The van der Waals surface area contributed by atoms with Crippen LogP contribution < -0.4 is 4.74 Å². The summed E-state index contributed by atoms with van der Waals surface area (Å²) in [5.74, 6) is 0.327. The Morgan fingerprint density at radius 2 is 2.05 bits per heavy atom. The number of aliphatic hydroxyl groups excluding tert-OH is 1. The van der Waals surface area contributed by atoms with E-state index in [0.29, 0.717) is 12.8 Å². The molecule has 0 bridgehead atoms. The number of alkyl halides is 3. The van der Waals surface area contributed by atoms with Crippen molar-refractivity contribution in [3.63, 3.8) is 0 Å². The Morgan fingerprint density at radius 3 is 2.60 bits per heavy atom. The maximum absolute atomic E-state index is 12.7. The van der Waals surface area contributed by atoms with Gasteiger partial charge in [-0.15, -0.1) is 0 Å². The summed E-state index contributed by atoms with van der Waals surface area (Å²) in [5.41, 5.74) is -1.40. The number of benzene rings is 1. The molecule has 0 heterocycles. The minimum atomic E-state index is -4.57. The fourth-order valence-electron chi connectivity index (χ4n) is 1.69. The number of hydrogen-bond acceptors (Lipinski definition) is 3. The highest BCUT2D eigenvalue weighted by Crippen LogP contribution is 2.34. The zero-order valence-corrected chi connectivity index (χ0v) is 11.1. The van der Waals surface area contributed by atoms with Gasteiger partial charge in [-0.1, -0.05) is 6.92 Å². The number of nitrogens with zero attached hydrogens (tertiary/aromatic N) is 1. The van der Waals surface area contributed by atoms with Gasteiger partial charge in [-0.3, -0.25) is 0 Å². The standard InChI is InChI=1S/C14H16F3NO2/c1-10(4-6-19)5-7-20-12-3-2-11(9-18)13(8-12)14(15,16)17/h2-3,8,10,19H,4-7H2,1H3. The quantitative estimate of drug-likeness (QED) is 0.872. The van der Waals surface area contributed by atoms with E-state index in [0.717, 1.165) is 12.1 Å². The molecule has 3 nitrogen and oxygen atoms in total. The first kappa shape index (κ1) is 16.3. The Bertz CT molecular complexity index is 480. The molecule has 1 N–H and O–H groups in total. The average Bonchev–Trinajstić information content (AvgIpc) is 2.38. The normalized spacial score (nSPS) is 12.8. The second-order valence-corrected chi connectivity index (χ2v) is 4.57. The van der Waals surface area contributed by atoms with Crippen molar-refractivity contribution in [2.75, 3.05) is 13.2 Å². The predicted molar refractivity (Wildman–Crippen MR) is 67.1 cm³/mol. The van der Waals surface area contributed by atoms with Crippen LogP contribution in [0.5, 0.6) is 5.75 Å². The summed E-state index contributed by atoms with van der Waals surface area (Å²) in [6.45, 7) is 2.28. The van der Waals surface area contributed by atoms with Gasteiger partial charge in [0.15, 0.2) is 0 Å². The summed E-state index contributed by atoms with van der Waals surface area (Å²) in [7, 11) is 0. The molecule has 0 spiro atoms. The lowest BCUT2D eigenvalue weighted by Crippen LogP contribution is -2.09. The van der Waals surface area contributed by atoms with Gasteiger partial charge >= 0.3 is 6.18 Å². The van der Waals surface area contributed by atoms with Gasteiger partial charge in [-0.05, 0) is 37.0 Å². The highest BCUT2D eigenvalue weighted by Gasteiger charge is 2.34. The van der Waals surface area contributed by atoms with E-state index < -0.39 is 17.3 Å². The third-order valence-corrected chi connectivity index (χ3v) is 2.92. The zero-order valence-electron chi connectivity index (χ0n) is 11.1. The predicted octanol–water partition coefficient (Wildman–Crippen LogP) is 3.36. The number of nitriles is 1. The maximum atomic E-state index is 12.7. The van der Waals surface area contributed by atoms with Gasteiger partial charge in [0.25, 0.3) is 0 Å². The van der Waals surface area contributed by atoms with Crippen molar-refractivity contribution >= 4 is 0 Å². The van der Waals surface area contributed by atoms with Crippen LogP contribution in [0, 0.1) is 17.2 Å². The largest absolute Gasteiger partial charge is 0.494 e. The molecule has 1 aromatic rings. The van der Waals surface area contributed by atoms with Gasteiger partial charge in [0.1, 0.15) is 5.75 Å². The van der Waals surface area contributed by atoms with E-state index in [1.165, 1.54) is 12.1 Å². The maximum Gasteiger partial charge on any atom is 0.417 e. The second-order valence-electron chi connectivity index (χ2n) is 4.57. The van der Waals surface area contributed by atoms with Gasteiger partial charge in [0, 0.05) is 6.61 Å². The lowest BCUT2D eigenvalue weighted by atomic mass is 10.1. The SMILES string of the molecule is CC(CCO)CCOc1ccc(C#N)c(C(F)(F)F)c1. The fourth-order valence-corrected chi connectivity index (χ4v) is 1.69. The van der Waals surface area contributed by atoms with Crippen LogP contribution in [0.2, 0.25) is 0 Å². The molecule has 0 amide bonds. The molecule has 0 fully saturated rings. The fraction of sp³-hybridized carbons (Fsp3) is 0.500. The minimum Gasteiger partial charge on any atom is -0.494 e. The molecule has 110 valence electrons. The van der Waals surface area contributed by atoms with Gasteiger partial charge in [0.05, 0.1) is 23.8 Å². The van der Waals surface area contributed by atoms with Gasteiger partial charge < -0.3 is 9.84 Å². The first-order valence-corrected chi connectivity index (χ1v) is 6.23. The van der Waals surface area contributed by atoms with Crippen LogP contribution in [0.25, 0.3) is 0 Å². The van der Waals surface area contributed by atoms with Gasteiger partial charge in [0.2, 0.25) is 0 Å². The molecule has 20 heavy (non-hydrogen) atoms. The molecule has 0 saturated carbocycles. The monoisotopic (exact) mass is 287 g/mol. The Balaban J connectivity index is 2.71. The first-order valence-electron chi connectivity index (χ1n) is 6.23. The van der Waals surface area contributed by atoms with E-state index in [1.807, 2.05) is 6.92 Å². The molecule has 0 aliphatic carbocycles. The summed E-state index contributed by atoms with van der Waals surface area (Å²) in [5, 5.41) is 17.4. The lowest BCUT2D eigenvalue weighted by molar-refractivity contribution is -0.137. The van der Waals surface area contributed by atoms with Crippen LogP contribution in [0.4, 0.5) is 13.2 Å². The second kappa shape index (κ2) is 7.15. The summed E-state index contributed by atoms with van der Waals surface area (Å²) in [6, 6.07) is 4.82. The van der Waals surface area contributed by atoms with E-state index >= 15 is 0 Å². The molecule has 6 heteroatoms. The first-order chi connectivity index (χ1) is 9.38. The Morgan fingerprint density at radius 1 is 1.35 bits per heavy atom. The average molecular weight is 287 g/mol. The molecular weight excluding hydrogens is 271 g/mol. The molecule has 0 radical (unpaired) electrons. The van der Waals surface area contributed by atoms with Crippen LogP contribution in [-0.2, 0) is 6.18 Å². The number of ether oxygens (including phenoxy) is 1. The van der Waals surface area contributed by atoms with Crippen LogP contribution in [-0.4, -0.2) is 18.3 Å². The van der Waals surface area contributed by atoms with Crippen molar-refractivity contribution in [1.82, 2.24) is 0 Å². The van der Waals surface area contributed by atoms with Crippen LogP contribution in [0.3, 0.4) is 0 Å². The molecule has 1 unspecified atom stereocenters. The van der Waals surface area contributed by atoms with E-state index in [4.69, 9.17) is 15.1 Å². The highest BCUT2D eigenvalue weighted by molar-refractivity contribution is 5.44. The number of hydrogen-bond donors (Lipinski definition) is 1. The Hall–Kier alpha value is -1.74. The van der Waals surface area contributed by atoms with E-state index in [1.54, 1.807) is 0 Å². The number of halogens is 3. The summed E-state index contributed by atoms with van der Waals surface area (Å²) in [4.78, 5) is 0.